The summed E-state index contributed by atoms with van der Waals surface area (Å²) in [7, 11) is 3.98. The van der Waals surface area contributed by atoms with E-state index in [4.69, 9.17) is 5.11 Å². The van der Waals surface area contributed by atoms with Crippen molar-refractivity contribution in [2.24, 2.45) is 0 Å². The zero-order valence-corrected chi connectivity index (χ0v) is 5.46. The molecule has 2 heteroatoms. The first kappa shape index (κ1) is 7.66. The smallest absolute Gasteiger partial charge is 0.0612 e. The monoisotopic (exact) mass is 115 g/mol. The zero-order chi connectivity index (χ0) is 6.41. The highest BCUT2D eigenvalue weighted by Crippen LogP contribution is 1.74. The first-order valence-corrected chi connectivity index (χ1v) is 2.68. The van der Waals surface area contributed by atoms with E-state index in [0.29, 0.717) is 0 Å². The molecule has 0 bridgehead atoms. The summed E-state index contributed by atoms with van der Waals surface area (Å²) < 4.78 is 0. The molecule has 0 fully saturated rings. The lowest BCUT2D eigenvalue weighted by Crippen LogP contribution is -2.10. The molecule has 0 spiro atoms. The predicted molar refractivity (Wildman–Crippen MR) is 34.8 cm³/mol. The van der Waals surface area contributed by atoms with Crippen molar-refractivity contribution in [3.63, 3.8) is 0 Å². The summed E-state index contributed by atoms with van der Waals surface area (Å²) in [5, 5.41) is 8.27. The van der Waals surface area contributed by atoms with Crippen molar-refractivity contribution in [2.75, 3.05) is 27.2 Å². The van der Waals surface area contributed by atoms with Gasteiger partial charge in [0.05, 0.1) is 6.61 Å². The highest BCUT2D eigenvalue weighted by molar-refractivity contribution is 4.82. The number of aliphatic hydroxyl groups is 1. The van der Waals surface area contributed by atoms with Crippen LogP contribution in [0.2, 0.25) is 0 Å². The number of aliphatic hydroxyl groups excluding tert-OH is 1. The molecule has 0 amide bonds. The lowest BCUT2D eigenvalue weighted by atomic mass is 10.5. The number of hydrogen-bond acceptors (Lipinski definition) is 2. The van der Waals surface area contributed by atoms with E-state index in [9.17, 15) is 0 Å². The van der Waals surface area contributed by atoms with Crippen LogP contribution < -0.4 is 0 Å². The molecule has 0 aromatic heterocycles. The van der Waals surface area contributed by atoms with Crippen LogP contribution in [-0.4, -0.2) is 37.3 Å². The largest absolute Gasteiger partial charge is 0.392 e. The molecule has 0 saturated carbocycles. The molecule has 8 heavy (non-hydrogen) atoms. The van der Waals surface area contributed by atoms with Gasteiger partial charge in [-0.3, -0.25) is 0 Å². The third-order valence-corrected chi connectivity index (χ3v) is 0.743. The maximum absolute atomic E-state index is 8.27. The van der Waals surface area contributed by atoms with Crippen molar-refractivity contribution in [2.45, 2.75) is 0 Å². The van der Waals surface area contributed by atoms with E-state index in [1.54, 1.807) is 6.08 Å². The van der Waals surface area contributed by atoms with Crippen LogP contribution in [0, 0.1) is 0 Å². The van der Waals surface area contributed by atoms with Crippen molar-refractivity contribution in [1.29, 1.82) is 0 Å². The zero-order valence-electron chi connectivity index (χ0n) is 5.46. The summed E-state index contributed by atoms with van der Waals surface area (Å²) in [6, 6.07) is 0. The van der Waals surface area contributed by atoms with Gasteiger partial charge >= 0.3 is 0 Å². The van der Waals surface area contributed by atoms with Gasteiger partial charge in [0.25, 0.3) is 0 Å². The lowest BCUT2D eigenvalue weighted by molar-refractivity contribution is 0.341. The predicted octanol–water partition coefficient (Wildman–Crippen LogP) is 0.0965. The summed E-state index contributed by atoms with van der Waals surface area (Å²) in [4.78, 5) is 2.03. The van der Waals surface area contributed by atoms with Gasteiger partial charge in [0.15, 0.2) is 0 Å². The van der Waals surface area contributed by atoms with Crippen molar-refractivity contribution in [1.82, 2.24) is 4.90 Å². The Hall–Kier alpha value is -0.340. The molecule has 2 nitrogen and oxygen atoms in total. The molecule has 1 N–H and O–H groups in total. The minimum absolute atomic E-state index is 0.147. The second-order valence-electron chi connectivity index (χ2n) is 1.92. The summed E-state index contributed by atoms with van der Waals surface area (Å²) in [5.41, 5.74) is 0. The van der Waals surface area contributed by atoms with E-state index in [-0.39, 0.29) is 6.61 Å². The van der Waals surface area contributed by atoms with E-state index in [1.165, 1.54) is 0 Å². The Bertz CT molecular complexity index is 68.9. The molecule has 0 aliphatic carbocycles. The Morgan fingerprint density at radius 1 is 1.38 bits per heavy atom. The second-order valence-corrected chi connectivity index (χ2v) is 1.92. The van der Waals surface area contributed by atoms with E-state index in [1.807, 2.05) is 25.1 Å². The Morgan fingerprint density at radius 2 is 2.00 bits per heavy atom. The van der Waals surface area contributed by atoms with Gasteiger partial charge in [-0.1, -0.05) is 12.2 Å². The quantitative estimate of drug-likeness (QED) is 0.527. The van der Waals surface area contributed by atoms with Gasteiger partial charge in [0.2, 0.25) is 0 Å². The minimum atomic E-state index is 0.147. The Morgan fingerprint density at radius 3 is 2.38 bits per heavy atom. The summed E-state index contributed by atoms with van der Waals surface area (Å²) in [6.45, 7) is 1.05. The van der Waals surface area contributed by atoms with Crippen LogP contribution in [0.15, 0.2) is 12.2 Å². The van der Waals surface area contributed by atoms with Crippen LogP contribution in [0.5, 0.6) is 0 Å². The van der Waals surface area contributed by atoms with Gasteiger partial charge in [0.1, 0.15) is 0 Å². The molecule has 0 saturated heterocycles. The molecule has 0 heterocycles. The summed E-state index contributed by atoms with van der Waals surface area (Å²) in [5.74, 6) is 0. The van der Waals surface area contributed by atoms with Crippen LogP contribution in [0.25, 0.3) is 0 Å². The molecule has 0 aromatic rings. The molecule has 0 aromatic carbocycles. The maximum atomic E-state index is 8.27. The highest BCUT2D eigenvalue weighted by Gasteiger charge is 1.78. The van der Waals surface area contributed by atoms with Crippen molar-refractivity contribution < 1.29 is 5.11 Å². The summed E-state index contributed by atoms with van der Waals surface area (Å²) in [6.07, 6.45) is 3.67. The minimum Gasteiger partial charge on any atom is -0.392 e. The first-order valence-electron chi connectivity index (χ1n) is 2.68. The SMILES string of the molecule is CN(C)CC=CCO. The molecule has 0 aliphatic heterocycles. The number of likely N-dealkylation sites (N-methyl/N-ethyl adjacent to an activating group) is 1. The second kappa shape index (κ2) is 4.81. The fraction of sp³-hybridized carbons (Fsp3) is 0.667. The molecule has 0 radical (unpaired) electrons. The van der Waals surface area contributed by atoms with E-state index >= 15 is 0 Å². The van der Waals surface area contributed by atoms with Crippen molar-refractivity contribution in [3.05, 3.63) is 12.2 Å². The molecule has 0 aliphatic rings. The third kappa shape index (κ3) is 5.66. The van der Waals surface area contributed by atoms with Crippen LogP contribution in [0.4, 0.5) is 0 Å². The van der Waals surface area contributed by atoms with Gasteiger partial charge in [-0.05, 0) is 14.1 Å². The van der Waals surface area contributed by atoms with Gasteiger partial charge in [-0.25, -0.2) is 0 Å². The average molecular weight is 115 g/mol. The fourth-order valence-corrected chi connectivity index (χ4v) is 0.360. The van der Waals surface area contributed by atoms with Gasteiger partial charge < -0.3 is 10.0 Å². The standard InChI is InChI=1S/C6H13NO/c1-7(2)5-3-4-6-8/h3-4,8H,5-6H2,1-2H3. The number of hydrogen-bond donors (Lipinski definition) is 1. The average Bonchev–Trinajstić information content (AvgIpc) is 1.66. The normalized spacial score (nSPS) is 11.5. The topological polar surface area (TPSA) is 23.5 Å². The maximum Gasteiger partial charge on any atom is 0.0612 e. The van der Waals surface area contributed by atoms with E-state index in [0.717, 1.165) is 6.54 Å². The molecule has 48 valence electrons. The van der Waals surface area contributed by atoms with Gasteiger partial charge in [-0.15, -0.1) is 0 Å². The Balaban J connectivity index is 3.03. The van der Waals surface area contributed by atoms with Crippen LogP contribution in [-0.2, 0) is 0 Å². The van der Waals surface area contributed by atoms with Gasteiger partial charge in [0, 0.05) is 6.54 Å². The van der Waals surface area contributed by atoms with Gasteiger partial charge in [-0.2, -0.15) is 0 Å². The van der Waals surface area contributed by atoms with Crippen LogP contribution in [0.3, 0.4) is 0 Å². The van der Waals surface area contributed by atoms with Crippen LogP contribution in [0.1, 0.15) is 0 Å². The first-order chi connectivity index (χ1) is 3.77. The Kier molecular flexibility index (Phi) is 4.61. The Labute approximate surface area is 50.4 Å². The summed E-state index contributed by atoms with van der Waals surface area (Å²) >= 11 is 0. The van der Waals surface area contributed by atoms with E-state index in [2.05, 4.69) is 0 Å². The number of rotatable bonds is 3. The molecule has 0 unspecified atom stereocenters. The lowest BCUT2D eigenvalue weighted by Gasteiger charge is -2.02. The van der Waals surface area contributed by atoms with E-state index < -0.39 is 0 Å². The molecule has 0 atom stereocenters. The van der Waals surface area contributed by atoms with Crippen molar-refractivity contribution >= 4 is 0 Å². The highest BCUT2D eigenvalue weighted by atomic mass is 16.2. The fourth-order valence-electron chi connectivity index (χ4n) is 0.360. The van der Waals surface area contributed by atoms with Crippen molar-refractivity contribution in [3.8, 4) is 0 Å². The molecular formula is C6H13NO. The molecule has 0 rings (SSSR count). The van der Waals surface area contributed by atoms with Crippen LogP contribution >= 0.6 is 0 Å². The molecular weight excluding hydrogens is 102 g/mol. The third-order valence-electron chi connectivity index (χ3n) is 0.743. The number of nitrogens with zero attached hydrogens (tertiary/aromatic N) is 1.